The summed E-state index contributed by atoms with van der Waals surface area (Å²) in [5, 5.41) is 48.0. The van der Waals surface area contributed by atoms with E-state index in [1.165, 1.54) is 0 Å². The first-order valence-electron chi connectivity index (χ1n) is 41.9. The highest BCUT2D eigenvalue weighted by Crippen LogP contribution is 2.18. The first kappa shape index (κ1) is 110. The Morgan fingerprint density at radius 1 is 0.192 bits per heavy atom. The molecule has 0 aliphatic heterocycles. The minimum Gasteiger partial charge on any atom is -0.480 e. The van der Waals surface area contributed by atoms with Crippen molar-refractivity contribution in [1.29, 1.82) is 0 Å². The molecule has 0 fully saturated rings. The number of unbranched alkanes of at least 4 members (excludes halogenated alkanes) is 7. The van der Waals surface area contributed by atoms with Crippen LogP contribution < -0.4 is 74.4 Å². The number of rotatable bonds is 49. The van der Waals surface area contributed by atoms with Crippen molar-refractivity contribution in [2.24, 2.45) is 0 Å². The van der Waals surface area contributed by atoms with E-state index in [-0.39, 0.29) is 142 Å². The number of aliphatic carboxylic acids is 1. The summed E-state index contributed by atoms with van der Waals surface area (Å²) in [5.41, 5.74) is -6.72. The van der Waals surface area contributed by atoms with E-state index in [4.69, 9.17) is 37.9 Å². The summed E-state index contributed by atoms with van der Waals surface area (Å²) in [6.45, 7) is 41.1. The van der Waals surface area contributed by atoms with Crippen molar-refractivity contribution in [3.8, 4) is 0 Å². The lowest BCUT2D eigenvalue weighted by atomic mass is 10.0. The van der Waals surface area contributed by atoms with Crippen LogP contribution in [0.3, 0.4) is 0 Å². The molecule has 0 bridgehead atoms. The summed E-state index contributed by atoms with van der Waals surface area (Å²) >= 11 is 0. The maximum Gasteiger partial charge on any atom is 0.408 e. The van der Waals surface area contributed by atoms with E-state index in [1.54, 1.807) is 166 Å². The van der Waals surface area contributed by atoms with Gasteiger partial charge < -0.3 is 117 Å². The fourth-order valence-electron chi connectivity index (χ4n) is 10.8. The molecule has 0 unspecified atom stereocenters. The van der Waals surface area contributed by atoms with Crippen LogP contribution in [-0.2, 0) is 71.5 Å². The Labute approximate surface area is 710 Å². The minimum absolute atomic E-state index is 0.000668. The van der Waals surface area contributed by atoms with Crippen molar-refractivity contribution >= 4 is 90.2 Å². The quantitative estimate of drug-likeness (QED) is 0.0199. The van der Waals surface area contributed by atoms with Gasteiger partial charge in [-0.2, -0.15) is 0 Å². The third-order valence-electron chi connectivity index (χ3n) is 15.9. The Morgan fingerprint density at radius 3 is 0.517 bits per heavy atom. The molecule has 0 radical (unpaired) electrons. The topological polar surface area (TPSA) is 519 Å². The van der Waals surface area contributed by atoms with Gasteiger partial charge in [0.15, 0.2) is 0 Å². The number of ether oxygens (including phenoxy) is 8. The van der Waals surface area contributed by atoms with E-state index >= 15 is 0 Å². The maximum absolute atomic E-state index is 14.5. The van der Waals surface area contributed by atoms with Crippen LogP contribution in [0.25, 0.3) is 0 Å². The molecule has 0 saturated carbocycles. The lowest BCUT2D eigenvalue weighted by molar-refractivity contribution is -0.142. The number of carbonyl (C=O) groups is 15. The van der Waals surface area contributed by atoms with E-state index in [2.05, 4.69) is 74.4 Å². The highest BCUT2D eigenvalue weighted by Gasteiger charge is 2.34. The number of hydrogen-bond donors (Lipinski definition) is 15. The van der Waals surface area contributed by atoms with Gasteiger partial charge in [0, 0.05) is 45.8 Å². The van der Waals surface area contributed by atoms with Crippen LogP contribution in [0.5, 0.6) is 0 Å². The number of carboxylic acids is 1. The summed E-state index contributed by atoms with van der Waals surface area (Å²) in [5.74, 6) is -5.77. The lowest BCUT2D eigenvalue weighted by Crippen LogP contribution is -2.56. The second-order valence-electron chi connectivity index (χ2n) is 37.4. The molecule has 0 aliphatic rings. The van der Waals surface area contributed by atoms with Crippen LogP contribution in [0.1, 0.15) is 301 Å². The number of carbonyl (C=O) groups excluding carboxylic acids is 14. The summed E-state index contributed by atoms with van der Waals surface area (Å²) in [7, 11) is 0. The molecule has 0 aliphatic carbocycles. The highest BCUT2D eigenvalue weighted by molar-refractivity contribution is 5.94. The first-order valence-corrected chi connectivity index (χ1v) is 41.9. The van der Waals surface area contributed by atoms with Gasteiger partial charge >= 0.3 is 54.7 Å². The van der Waals surface area contributed by atoms with E-state index in [0.29, 0.717) is 38.5 Å². The van der Waals surface area contributed by atoms with Crippen molar-refractivity contribution < 1.29 is 115 Å². The summed E-state index contributed by atoms with van der Waals surface area (Å²) in [6, 6.07) is -9.02. The predicted molar refractivity (Wildman–Crippen MR) is 449 cm³/mol. The number of alkyl carbamates (subject to hydrolysis) is 8. The molecule has 0 aromatic rings. The molecular weight excluding hydrogens is 1560 g/mol. The van der Waals surface area contributed by atoms with Gasteiger partial charge in [-0.05, 0) is 301 Å². The van der Waals surface area contributed by atoms with E-state index < -0.39 is 177 Å². The second-order valence-corrected chi connectivity index (χ2v) is 37.4. The molecule has 15 N–H and O–H groups in total. The summed E-state index contributed by atoms with van der Waals surface area (Å²) in [4.78, 5) is 200. The van der Waals surface area contributed by atoms with Gasteiger partial charge in [-0.3, -0.25) is 28.8 Å². The molecule has 120 heavy (non-hydrogen) atoms. The minimum atomic E-state index is -1.57. The largest absolute Gasteiger partial charge is 0.480 e. The van der Waals surface area contributed by atoms with Gasteiger partial charge in [-0.15, -0.1) is 0 Å². The van der Waals surface area contributed by atoms with E-state index in [1.807, 2.05) is 0 Å². The van der Waals surface area contributed by atoms with Crippen molar-refractivity contribution in [1.82, 2.24) is 74.4 Å². The van der Waals surface area contributed by atoms with Gasteiger partial charge in [0.05, 0.1) is 0 Å². The molecule has 0 rings (SSSR count). The Balaban J connectivity index is 7.13. The highest BCUT2D eigenvalue weighted by atomic mass is 16.6. The fourth-order valence-corrected chi connectivity index (χ4v) is 10.8. The second kappa shape index (κ2) is 54.0. The zero-order valence-corrected chi connectivity index (χ0v) is 76.2. The molecule has 0 aromatic heterocycles. The Hall–Kier alpha value is -9.55. The Kier molecular flexibility index (Phi) is 49.7. The normalized spacial score (nSPS) is 13.7. The molecule has 0 aromatic carbocycles. The molecule has 7 atom stereocenters. The van der Waals surface area contributed by atoms with Gasteiger partial charge in [0.2, 0.25) is 35.4 Å². The maximum atomic E-state index is 14.5. The molecule has 0 spiro atoms. The van der Waals surface area contributed by atoms with Gasteiger partial charge in [-0.1, -0.05) is 0 Å². The molecule has 0 heterocycles. The summed E-state index contributed by atoms with van der Waals surface area (Å²) < 4.78 is 43.1. The molecule has 14 amide bonds. The van der Waals surface area contributed by atoms with Crippen LogP contribution in [0.4, 0.5) is 38.4 Å². The Bertz CT molecular complexity index is 3230. The van der Waals surface area contributed by atoms with Crippen LogP contribution in [-0.4, -0.2) is 228 Å². The van der Waals surface area contributed by atoms with Gasteiger partial charge in [0.25, 0.3) is 0 Å². The SMILES string of the molecule is CC(C)(C)OC(=O)NCCCC[C@H](NC(=O)OC(C)(C)C)C(=O)NCCCC[C@H](NC(=O)[C@H](CCCCNC(=O)OC(C)(C)C)NC(=O)OC(C)(C)C)C(=O)NCCCC[C@H](NC(=O)[C@H](CCCCNC(=O)[C@H](CCCCNC(=O)OC(C)(C)C)NC(=O)OC(C)(C)C)NC(=O)[C@H](CCCCNC(=O)OC(C)(C)C)NC(=O)OC(C)(C)C)C(=O)O. The van der Waals surface area contributed by atoms with Crippen LogP contribution in [0.2, 0.25) is 0 Å². The van der Waals surface area contributed by atoms with Crippen molar-refractivity contribution in [2.45, 2.75) is 388 Å². The van der Waals surface area contributed by atoms with Crippen LogP contribution >= 0.6 is 0 Å². The third kappa shape index (κ3) is 61.7. The molecule has 0 saturated heterocycles. The van der Waals surface area contributed by atoms with Crippen molar-refractivity contribution in [3.63, 3.8) is 0 Å². The standard InChI is InChI=1S/C82H150N14O24/c1-75(2,3)113-67(105)86-49-35-27-40-54(93-71(109)117-79(13,14)15)61(98)84-46-32-25-39-53(90-64(101)57(95-73(111)119-81(19,20)21)43-29-37-51-88-69(107)115-77(7,8)9)60(97)83-48-34-31-45-59(66(103)104)92-63(100)56(91-65(102)58(96-74(112)120-82(22,23)24)44-30-38-52-89-70(108)116-78(10,11)12)42-26-33-47-85-62(99)55(94-72(110)118-80(16,17)18)41-28-36-50-87-68(106)114-76(4,5)6/h53-59H,25-52H2,1-24H3,(H,83,97)(H,84,98)(H,85,99)(H,86,105)(H,87,106)(H,88,107)(H,89,108)(H,90,101)(H,91,102)(H,92,100)(H,93,109)(H,94,110)(H,95,111)(H,96,112)(H,103,104)/t53-,54-,55-,56-,57-,58-,59-/m0/s1. The average molecular weight is 1720 g/mol. The van der Waals surface area contributed by atoms with Crippen molar-refractivity contribution in [2.75, 3.05) is 45.8 Å². The van der Waals surface area contributed by atoms with Crippen LogP contribution in [0.15, 0.2) is 0 Å². The number of hydrogen-bond acceptors (Lipinski definition) is 23. The lowest BCUT2D eigenvalue weighted by Gasteiger charge is -2.26. The monoisotopic (exact) mass is 1720 g/mol. The molecule has 38 heteroatoms. The number of nitrogens with one attached hydrogen (secondary N) is 14. The van der Waals surface area contributed by atoms with Crippen molar-refractivity contribution in [3.05, 3.63) is 0 Å². The van der Waals surface area contributed by atoms with Gasteiger partial charge in [0.1, 0.15) is 87.1 Å². The smallest absolute Gasteiger partial charge is 0.408 e. The number of amides is 14. The number of carboxylic acid groups (broad SMARTS) is 1. The van der Waals surface area contributed by atoms with E-state index in [9.17, 15) is 77.0 Å². The molecular formula is C82H150N14O24. The average Bonchev–Trinajstić information content (AvgIpc) is 0.829. The zero-order valence-electron chi connectivity index (χ0n) is 76.2. The Morgan fingerprint density at radius 2 is 0.333 bits per heavy atom. The molecule has 692 valence electrons. The van der Waals surface area contributed by atoms with E-state index in [0.717, 1.165) is 0 Å². The fraction of sp³-hybridized carbons (Fsp3) is 0.817. The van der Waals surface area contributed by atoms with Gasteiger partial charge in [-0.25, -0.2) is 43.2 Å². The molecule has 38 nitrogen and oxygen atoms in total. The summed E-state index contributed by atoms with van der Waals surface area (Å²) in [6.07, 6.45) is -2.38. The van der Waals surface area contributed by atoms with Crippen LogP contribution in [0, 0.1) is 0 Å². The third-order valence-corrected chi connectivity index (χ3v) is 15.9. The first-order chi connectivity index (χ1) is 55.1. The predicted octanol–water partition coefficient (Wildman–Crippen LogP) is 9.74. The zero-order chi connectivity index (χ0) is 92.1.